The number of nitrogens with zero attached hydrogens (tertiary/aromatic N) is 1. The van der Waals surface area contributed by atoms with Crippen LogP contribution in [0.5, 0.6) is 0 Å². The molecule has 2 aromatic rings. The van der Waals surface area contributed by atoms with E-state index in [2.05, 4.69) is 5.32 Å². The molecular formula is C21H24N2O6S3. The molecular weight excluding hydrogens is 472 g/mol. The minimum atomic E-state index is -3.68. The first-order valence-electron chi connectivity index (χ1n) is 10.2. The van der Waals surface area contributed by atoms with Crippen molar-refractivity contribution in [1.82, 2.24) is 4.31 Å². The van der Waals surface area contributed by atoms with Crippen LogP contribution in [-0.2, 0) is 24.6 Å². The Hall–Kier alpha value is -1.92. The molecule has 1 N–H and O–H groups in total. The van der Waals surface area contributed by atoms with Crippen molar-refractivity contribution in [3.8, 4) is 0 Å². The second-order valence-electron chi connectivity index (χ2n) is 7.64. The summed E-state index contributed by atoms with van der Waals surface area (Å²) in [6.07, 6.45) is 0.560. The molecule has 2 heterocycles. The summed E-state index contributed by atoms with van der Waals surface area (Å²) < 4.78 is 55.9. The molecule has 2 saturated heterocycles. The van der Waals surface area contributed by atoms with E-state index in [1.165, 1.54) is 28.2 Å². The normalized spacial score (nSPS) is 21.3. The lowest BCUT2D eigenvalue weighted by Crippen LogP contribution is -2.40. The Morgan fingerprint density at radius 3 is 2.56 bits per heavy atom. The first kappa shape index (κ1) is 23.2. The quantitative estimate of drug-likeness (QED) is 0.653. The number of carbonyl (C=O) groups excluding carboxylic acids is 1. The SMILES string of the molecule is O=C(Nc1cccc(S(=O)(=O)N2CCOCC2)c1)c1ccccc1S[C@@H]1CCS(=O)(=O)C1. The molecule has 0 aromatic heterocycles. The first-order valence-corrected chi connectivity index (χ1v) is 14.3. The molecule has 0 radical (unpaired) electrons. The van der Waals surface area contributed by atoms with Gasteiger partial charge in [-0.3, -0.25) is 4.79 Å². The number of benzene rings is 2. The predicted molar refractivity (Wildman–Crippen MR) is 123 cm³/mol. The summed E-state index contributed by atoms with van der Waals surface area (Å²) in [4.78, 5) is 13.8. The molecule has 172 valence electrons. The number of sulfonamides is 1. The molecule has 32 heavy (non-hydrogen) atoms. The molecule has 0 saturated carbocycles. The van der Waals surface area contributed by atoms with E-state index in [0.717, 1.165) is 0 Å². The molecule has 1 atom stereocenters. The highest BCUT2D eigenvalue weighted by Crippen LogP contribution is 2.33. The van der Waals surface area contributed by atoms with Crippen molar-refractivity contribution in [3.05, 3.63) is 54.1 Å². The number of hydrogen-bond acceptors (Lipinski definition) is 7. The van der Waals surface area contributed by atoms with Gasteiger partial charge >= 0.3 is 0 Å². The van der Waals surface area contributed by atoms with E-state index < -0.39 is 19.9 Å². The average Bonchev–Trinajstić information content (AvgIpc) is 3.13. The molecule has 0 bridgehead atoms. The van der Waals surface area contributed by atoms with Gasteiger partial charge in [0.2, 0.25) is 10.0 Å². The van der Waals surface area contributed by atoms with Crippen LogP contribution in [0, 0.1) is 0 Å². The van der Waals surface area contributed by atoms with E-state index in [9.17, 15) is 21.6 Å². The molecule has 0 aliphatic carbocycles. The van der Waals surface area contributed by atoms with Gasteiger partial charge in [0.1, 0.15) is 0 Å². The fraction of sp³-hybridized carbons (Fsp3) is 0.381. The van der Waals surface area contributed by atoms with Gasteiger partial charge in [0.15, 0.2) is 9.84 Å². The molecule has 4 rings (SSSR count). The van der Waals surface area contributed by atoms with Gasteiger partial charge in [-0.05, 0) is 36.8 Å². The third-order valence-electron chi connectivity index (χ3n) is 5.32. The highest BCUT2D eigenvalue weighted by Gasteiger charge is 2.30. The molecule has 11 heteroatoms. The number of rotatable bonds is 6. The van der Waals surface area contributed by atoms with Crippen molar-refractivity contribution in [3.63, 3.8) is 0 Å². The zero-order valence-corrected chi connectivity index (χ0v) is 19.7. The van der Waals surface area contributed by atoms with Crippen LogP contribution < -0.4 is 5.32 Å². The Morgan fingerprint density at radius 2 is 1.84 bits per heavy atom. The number of amides is 1. The Balaban J connectivity index is 1.51. The lowest BCUT2D eigenvalue weighted by Gasteiger charge is -2.26. The van der Waals surface area contributed by atoms with Crippen molar-refractivity contribution in [1.29, 1.82) is 0 Å². The van der Waals surface area contributed by atoms with Crippen LogP contribution >= 0.6 is 11.8 Å². The molecule has 2 aromatic carbocycles. The van der Waals surface area contributed by atoms with Gasteiger partial charge in [-0.15, -0.1) is 11.8 Å². The maximum absolute atomic E-state index is 13.0. The number of nitrogens with one attached hydrogen (secondary N) is 1. The zero-order chi connectivity index (χ0) is 22.8. The van der Waals surface area contributed by atoms with Crippen molar-refractivity contribution < 1.29 is 26.4 Å². The standard InChI is InChI=1S/C21H24N2O6S3/c24-21(19-6-1-2-7-20(19)30-17-8-13-31(25,26)15-17)22-16-4-3-5-18(14-16)32(27,28)23-9-11-29-12-10-23/h1-7,14,17H,8-13,15H2,(H,22,24)/t17-/m1/s1. The second kappa shape index (κ2) is 9.52. The third-order valence-corrected chi connectivity index (χ3v) is 10.5. The van der Waals surface area contributed by atoms with E-state index >= 15 is 0 Å². The lowest BCUT2D eigenvalue weighted by atomic mass is 10.2. The van der Waals surface area contributed by atoms with Crippen molar-refractivity contribution in [2.24, 2.45) is 0 Å². The zero-order valence-electron chi connectivity index (χ0n) is 17.3. The molecule has 2 fully saturated rings. The topological polar surface area (TPSA) is 110 Å². The molecule has 2 aliphatic rings. The van der Waals surface area contributed by atoms with Crippen molar-refractivity contribution in [2.75, 3.05) is 43.1 Å². The number of ether oxygens (including phenoxy) is 1. The fourth-order valence-corrected chi connectivity index (χ4v) is 8.74. The van der Waals surface area contributed by atoms with Crippen LogP contribution in [0.2, 0.25) is 0 Å². The number of hydrogen-bond donors (Lipinski definition) is 1. The minimum absolute atomic E-state index is 0.0871. The molecule has 0 unspecified atom stereocenters. The van der Waals surface area contributed by atoms with Gasteiger partial charge in [-0.1, -0.05) is 18.2 Å². The largest absolute Gasteiger partial charge is 0.379 e. The highest BCUT2D eigenvalue weighted by atomic mass is 32.2. The van der Waals surface area contributed by atoms with Crippen molar-refractivity contribution in [2.45, 2.75) is 21.5 Å². The summed E-state index contributed by atoms with van der Waals surface area (Å²) in [5.74, 6) is -0.103. The van der Waals surface area contributed by atoms with E-state index in [0.29, 0.717) is 48.9 Å². The van der Waals surface area contributed by atoms with E-state index in [4.69, 9.17) is 4.74 Å². The summed E-state index contributed by atoms with van der Waals surface area (Å²) in [5, 5.41) is 2.69. The molecule has 1 amide bonds. The van der Waals surface area contributed by atoms with Crippen LogP contribution in [0.15, 0.2) is 58.3 Å². The van der Waals surface area contributed by atoms with Crippen LogP contribution in [-0.4, -0.2) is 70.1 Å². The summed E-state index contributed by atoms with van der Waals surface area (Å²) >= 11 is 1.39. The number of anilines is 1. The van der Waals surface area contributed by atoms with Gasteiger partial charge in [0, 0.05) is 28.9 Å². The third kappa shape index (κ3) is 5.34. The van der Waals surface area contributed by atoms with Gasteiger partial charge in [0.25, 0.3) is 5.91 Å². The Morgan fingerprint density at radius 1 is 1.09 bits per heavy atom. The van der Waals surface area contributed by atoms with Crippen LogP contribution in [0.3, 0.4) is 0 Å². The summed E-state index contributed by atoms with van der Waals surface area (Å²) in [6, 6.07) is 13.2. The van der Waals surface area contributed by atoms with E-state index in [1.807, 2.05) is 0 Å². The first-order chi connectivity index (χ1) is 15.2. The smallest absolute Gasteiger partial charge is 0.256 e. The van der Waals surface area contributed by atoms with Gasteiger partial charge in [-0.2, -0.15) is 4.31 Å². The number of carbonyl (C=O) groups is 1. The Kier molecular flexibility index (Phi) is 6.91. The second-order valence-corrected chi connectivity index (χ2v) is 13.1. The Labute approximate surface area is 192 Å². The molecule has 8 nitrogen and oxygen atoms in total. The maximum atomic E-state index is 13.0. The van der Waals surface area contributed by atoms with Crippen LogP contribution in [0.1, 0.15) is 16.8 Å². The summed E-state index contributed by atoms with van der Waals surface area (Å²) in [6.45, 7) is 1.29. The van der Waals surface area contributed by atoms with Crippen LogP contribution in [0.25, 0.3) is 0 Å². The molecule has 0 spiro atoms. The van der Waals surface area contributed by atoms with E-state index in [-0.39, 0.29) is 27.6 Å². The van der Waals surface area contributed by atoms with E-state index in [1.54, 1.807) is 36.4 Å². The Bertz CT molecular complexity index is 1210. The predicted octanol–water partition coefficient (Wildman–Crippen LogP) is 2.24. The highest BCUT2D eigenvalue weighted by molar-refractivity contribution is 8.02. The fourth-order valence-electron chi connectivity index (χ4n) is 3.66. The summed E-state index contributed by atoms with van der Waals surface area (Å²) in [7, 11) is -6.69. The lowest BCUT2D eigenvalue weighted by molar-refractivity contribution is 0.0730. The molecule has 2 aliphatic heterocycles. The van der Waals surface area contributed by atoms with Crippen molar-refractivity contribution >= 4 is 43.2 Å². The summed E-state index contributed by atoms with van der Waals surface area (Å²) in [5.41, 5.74) is 0.788. The van der Waals surface area contributed by atoms with Gasteiger partial charge in [0.05, 0.1) is 35.2 Å². The number of morpholine rings is 1. The monoisotopic (exact) mass is 496 g/mol. The number of thioether (sulfide) groups is 1. The van der Waals surface area contributed by atoms with Gasteiger partial charge in [-0.25, -0.2) is 16.8 Å². The van der Waals surface area contributed by atoms with Gasteiger partial charge < -0.3 is 10.1 Å². The number of sulfone groups is 1. The minimum Gasteiger partial charge on any atom is -0.379 e. The maximum Gasteiger partial charge on any atom is 0.256 e. The average molecular weight is 497 g/mol. The van der Waals surface area contributed by atoms with Crippen LogP contribution in [0.4, 0.5) is 5.69 Å².